The van der Waals surface area contributed by atoms with Crippen molar-refractivity contribution < 1.29 is 14.6 Å². The molecule has 4 heteroatoms. The van der Waals surface area contributed by atoms with Gasteiger partial charge in [-0.15, -0.1) is 0 Å². The summed E-state index contributed by atoms with van der Waals surface area (Å²) >= 11 is 0. The molecule has 0 bridgehead atoms. The van der Waals surface area contributed by atoms with Crippen LogP contribution in [0.3, 0.4) is 0 Å². The topological polar surface area (TPSA) is 58.6 Å². The number of ketones is 1. The highest BCUT2D eigenvalue weighted by Gasteiger charge is 2.15. The molecule has 2 rings (SSSR count). The van der Waals surface area contributed by atoms with Gasteiger partial charge in [0.1, 0.15) is 11.5 Å². The summed E-state index contributed by atoms with van der Waals surface area (Å²) in [7, 11) is 3.42. The molecule has 2 aromatic carbocycles. The molecule has 0 heterocycles. The number of aryl methyl sites for hydroxylation is 1. The Bertz CT molecular complexity index is 777. The number of rotatable bonds is 7. The Morgan fingerprint density at radius 1 is 1.20 bits per heavy atom. The summed E-state index contributed by atoms with van der Waals surface area (Å²) in [5.41, 5.74) is 4.00. The molecule has 4 nitrogen and oxygen atoms in total. The molecular weight excluding hydrogens is 314 g/mol. The highest BCUT2D eigenvalue weighted by atomic mass is 16.5. The quantitative estimate of drug-likeness (QED) is 0.577. The fraction of sp³-hybridized carbons (Fsp3) is 0.286. The van der Waals surface area contributed by atoms with Crippen LogP contribution in [0.15, 0.2) is 36.4 Å². The van der Waals surface area contributed by atoms with Gasteiger partial charge in [-0.2, -0.15) is 0 Å². The van der Waals surface area contributed by atoms with Gasteiger partial charge in [-0.1, -0.05) is 13.8 Å². The first-order valence-electron chi connectivity index (χ1n) is 8.47. The molecule has 0 aliphatic rings. The number of anilines is 1. The summed E-state index contributed by atoms with van der Waals surface area (Å²) in [4.78, 5) is 12.4. The zero-order valence-corrected chi connectivity index (χ0v) is 15.2. The van der Waals surface area contributed by atoms with Gasteiger partial charge < -0.3 is 15.2 Å². The van der Waals surface area contributed by atoms with Crippen molar-refractivity contribution in [1.29, 1.82) is 0 Å². The lowest BCUT2D eigenvalue weighted by Crippen LogP contribution is -1.99. The highest BCUT2D eigenvalue weighted by Crippen LogP contribution is 2.36. The molecular formula is C21H25NO3. The Morgan fingerprint density at radius 2 is 1.88 bits per heavy atom. The van der Waals surface area contributed by atoms with Gasteiger partial charge in [-0.3, -0.25) is 4.79 Å². The summed E-state index contributed by atoms with van der Waals surface area (Å²) in [6.07, 6.45) is 4.67. The van der Waals surface area contributed by atoms with Crippen LogP contribution in [0, 0.1) is 0 Å². The van der Waals surface area contributed by atoms with E-state index in [1.165, 1.54) is 0 Å². The molecule has 25 heavy (non-hydrogen) atoms. The number of nitrogens with one attached hydrogen (secondary N) is 1. The van der Waals surface area contributed by atoms with Gasteiger partial charge >= 0.3 is 0 Å². The summed E-state index contributed by atoms with van der Waals surface area (Å²) < 4.78 is 5.49. The second-order valence-corrected chi connectivity index (χ2v) is 5.72. The fourth-order valence-corrected chi connectivity index (χ4v) is 2.82. The van der Waals surface area contributed by atoms with Crippen LogP contribution in [0.5, 0.6) is 11.5 Å². The molecule has 2 aromatic rings. The minimum atomic E-state index is -0.0751. The Kier molecular flexibility index (Phi) is 6.23. The summed E-state index contributed by atoms with van der Waals surface area (Å²) in [6, 6.07) is 9.20. The van der Waals surface area contributed by atoms with Gasteiger partial charge in [0.15, 0.2) is 5.78 Å². The van der Waals surface area contributed by atoms with E-state index in [0.717, 1.165) is 22.4 Å². The molecule has 0 aromatic heterocycles. The molecule has 0 unspecified atom stereocenters. The van der Waals surface area contributed by atoms with E-state index in [-0.39, 0.29) is 11.5 Å². The minimum Gasteiger partial charge on any atom is -0.507 e. The first kappa shape index (κ1) is 18.6. The van der Waals surface area contributed by atoms with Crippen molar-refractivity contribution in [1.82, 2.24) is 0 Å². The number of phenols is 1. The average Bonchev–Trinajstić information content (AvgIpc) is 2.66. The SMILES string of the molecule is CCc1cc(C=CC(=O)c2ccc(NC)cc2)c(OC)c(CC)c1O. The minimum absolute atomic E-state index is 0.0751. The zero-order valence-electron chi connectivity index (χ0n) is 15.2. The Labute approximate surface area is 149 Å². The zero-order chi connectivity index (χ0) is 18.4. The van der Waals surface area contributed by atoms with Crippen molar-refractivity contribution in [2.24, 2.45) is 0 Å². The third kappa shape index (κ3) is 4.02. The summed E-state index contributed by atoms with van der Waals surface area (Å²) in [5, 5.41) is 13.4. The van der Waals surface area contributed by atoms with E-state index in [1.807, 2.05) is 39.1 Å². The van der Waals surface area contributed by atoms with Crippen molar-refractivity contribution in [3.8, 4) is 11.5 Å². The number of methoxy groups -OCH3 is 1. The Balaban J connectivity index is 2.37. The third-order valence-electron chi connectivity index (χ3n) is 4.27. The smallest absolute Gasteiger partial charge is 0.185 e. The fourth-order valence-electron chi connectivity index (χ4n) is 2.82. The van der Waals surface area contributed by atoms with E-state index in [4.69, 9.17) is 4.74 Å². The van der Waals surface area contributed by atoms with E-state index >= 15 is 0 Å². The van der Waals surface area contributed by atoms with Crippen molar-refractivity contribution in [2.75, 3.05) is 19.5 Å². The van der Waals surface area contributed by atoms with Gasteiger partial charge in [0, 0.05) is 29.4 Å². The van der Waals surface area contributed by atoms with Gasteiger partial charge in [0.25, 0.3) is 0 Å². The molecule has 0 atom stereocenters. The molecule has 132 valence electrons. The molecule has 0 aliphatic carbocycles. The number of phenolic OH excluding ortho intramolecular Hbond substituents is 1. The number of aromatic hydroxyl groups is 1. The van der Waals surface area contributed by atoms with Crippen LogP contribution in [0.25, 0.3) is 6.08 Å². The molecule has 0 saturated heterocycles. The monoisotopic (exact) mass is 339 g/mol. The van der Waals surface area contributed by atoms with Crippen LogP contribution >= 0.6 is 0 Å². The normalized spacial score (nSPS) is 10.9. The number of ether oxygens (including phenoxy) is 1. The highest BCUT2D eigenvalue weighted by molar-refractivity contribution is 6.07. The van der Waals surface area contributed by atoms with E-state index in [2.05, 4.69) is 5.32 Å². The van der Waals surface area contributed by atoms with Crippen molar-refractivity contribution >= 4 is 17.5 Å². The molecule has 0 fully saturated rings. The predicted molar refractivity (Wildman–Crippen MR) is 103 cm³/mol. The van der Waals surface area contributed by atoms with Gasteiger partial charge in [-0.05, 0) is 60.9 Å². The molecule has 2 N–H and O–H groups in total. The first-order chi connectivity index (χ1) is 12.0. The standard InChI is InChI=1S/C21H25NO3/c1-5-14-13-16(21(25-4)18(6-2)20(14)24)9-12-19(23)15-7-10-17(22-3)11-8-15/h7-13,22,24H,5-6H2,1-4H3. The first-order valence-corrected chi connectivity index (χ1v) is 8.47. The lowest BCUT2D eigenvalue weighted by Gasteiger charge is -2.15. The number of carbonyl (C=O) groups is 1. The lowest BCUT2D eigenvalue weighted by atomic mass is 9.98. The average molecular weight is 339 g/mol. The second kappa shape index (κ2) is 8.38. The summed E-state index contributed by atoms with van der Waals surface area (Å²) in [6.45, 7) is 3.96. The number of carbonyl (C=O) groups excluding carboxylic acids is 1. The van der Waals surface area contributed by atoms with Crippen LogP contribution in [0.1, 0.15) is 40.9 Å². The van der Waals surface area contributed by atoms with Gasteiger partial charge in [0.2, 0.25) is 0 Å². The Hall–Kier alpha value is -2.75. The number of allylic oxidation sites excluding steroid dienone is 1. The molecule has 0 aliphatic heterocycles. The number of hydrogen-bond donors (Lipinski definition) is 2. The second-order valence-electron chi connectivity index (χ2n) is 5.72. The van der Waals surface area contributed by atoms with E-state index in [9.17, 15) is 9.90 Å². The Morgan fingerprint density at radius 3 is 2.40 bits per heavy atom. The lowest BCUT2D eigenvalue weighted by molar-refractivity contribution is 0.104. The third-order valence-corrected chi connectivity index (χ3v) is 4.27. The molecule has 0 saturated carbocycles. The van der Waals surface area contributed by atoms with E-state index in [1.54, 1.807) is 31.4 Å². The van der Waals surface area contributed by atoms with Crippen LogP contribution in [-0.2, 0) is 12.8 Å². The summed E-state index contributed by atoms with van der Waals surface area (Å²) in [5.74, 6) is 0.827. The van der Waals surface area contributed by atoms with E-state index < -0.39 is 0 Å². The van der Waals surface area contributed by atoms with Crippen molar-refractivity contribution in [3.05, 3.63) is 58.7 Å². The van der Waals surface area contributed by atoms with Crippen molar-refractivity contribution in [2.45, 2.75) is 26.7 Å². The maximum Gasteiger partial charge on any atom is 0.185 e. The van der Waals surface area contributed by atoms with Crippen molar-refractivity contribution in [3.63, 3.8) is 0 Å². The van der Waals surface area contributed by atoms with Crippen LogP contribution in [-0.4, -0.2) is 25.0 Å². The maximum atomic E-state index is 12.4. The molecule has 0 spiro atoms. The van der Waals surface area contributed by atoms with E-state index in [0.29, 0.717) is 24.2 Å². The van der Waals surface area contributed by atoms with Crippen LogP contribution < -0.4 is 10.1 Å². The number of benzene rings is 2. The molecule has 0 amide bonds. The molecule has 0 radical (unpaired) electrons. The predicted octanol–water partition coefficient (Wildman–Crippen LogP) is 4.46. The van der Waals surface area contributed by atoms with Gasteiger partial charge in [0.05, 0.1) is 7.11 Å². The van der Waals surface area contributed by atoms with Crippen LogP contribution in [0.4, 0.5) is 5.69 Å². The number of hydrogen-bond acceptors (Lipinski definition) is 4. The van der Waals surface area contributed by atoms with Gasteiger partial charge in [-0.25, -0.2) is 0 Å². The maximum absolute atomic E-state index is 12.4. The largest absolute Gasteiger partial charge is 0.507 e. The van der Waals surface area contributed by atoms with Crippen LogP contribution in [0.2, 0.25) is 0 Å².